The second-order valence-electron chi connectivity index (χ2n) is 10.9. The molecule has 2 atom stereocenters. The molecule has 192 valence electrons. The molecule has 7 aromatic rings. The molecule has 2 aliphatic rings. The van der Waals surface area contributed by atoms with E-state index in [9.17, 15) is 0 Å². The lowest BCUT2D eigenvalue weighted by molar-refractivity contribution is 0.670. The minimum Gasteiger partial charge on any atom is -0.455 e. The van der Waals surface area contributed by atoms with E-state index in [2.05, 4.69) is 115 Å². The minimum atomic E-state index is 0.190. The Morgan fingerprint density at radius 3 is 2.32 bits per heavy atom. The largest absolute Gasteiger partial charge is 0.455 e. The molecule has 3 heteroatoms. The third kappa shape index (κ3) is 3.33. The molecule has 0 bridgehead atoms. The average molecular weight is 525 g/mol. The second-order valence-corrected chi connectivity index (χ2v) is 10.9. The standard InChI is InChI=1S/C38H24N2O/c1-2-8-27-26(7-1)22-32(38-35(27)31-11-5-6-12-34(31)41-38)24-15-13-23(14-16-24)25-17-18-30-33(21-25)28-9-3-4-10-29(28)36-37(30)40-20-19-39-36/h1-22,30,33H. The van der Waals surface area contributed by atoms with E-state index >= 15 is 0 Å². The summed E-state index contributed by atoms with van der Waals surface area (Å²) in [4.78, 5) is 9.45. The molecule has 0 saturated carbocycles. The van der Waals surface area contributed by atoms with Crippen LogP contribution >= 0.6 is 0 Å². The topological polar surface area (TPSA) is 38.9 Å². The van der Waals surface area contributed by atoms with Crippen molar-refractivity contribution in [1.82, 2.24) is 9.97 Å². The first kappa shape index (κ1) is 22.5. The summed E-state index contributed by atoms with van der Waals surface area (Å²) in [6.45, 7) is 0. The summed E-state index contributed by atoms with van der Waals surface area (Å²) in [5.74, 6) is 0.418. The highest BCUT2D eigenvalue weighted by Crippen LogP contribution is 2.49. The van der Waals surface area contributed by atoms with Crippen molar-refractivity contribution in [1.29, 1.82) is 0 Å². The summed E-state index contributed by atoms with van der Waals surface area (Å²) in [6, 6.07) is 36.7. The Labute approximate surface area is 237 Å². The highest BCUT2D eigenvalue weighted by Gasteiger charge is 2.34. The number of hydrogen-bond acceptors (Lipinski definition) is 3. The highest BCUT2D eigenvalue weighted by molar-refractivity contribution is 6.22. The summed E-state index contributed by atoms with van der Waals surface area (Å²) < 4.78 is 6.48. The molecule has 0 amide bonds. The van der Waals surface area contributed by atoms with Crippen molar-refractivity contribution in [2.75, 3.05) is 0 Å². The fraction of sp³-hybridized carbons (Fsp3) is 0.0526. The van der Waals surface area contributed by atoms with Crippen LogP contribution in [0.25, 0.3) is 60.7 Å². The van der Waals surface area contributed by atoms with E-state index in [1.807, 2.05) is 6.07 Å². The van der Waals surface area contributed by atoms with Crippen molar-refractivity contribution in [2.45, 2.75) is 11.8 Å². The fourth-order valence-electron chi connectivity index (χ4n) is 6.85. The van der Waals surface area contributed by atoms with Gasteiger partial charge < -0.3 is 4.42 Å². The lowest BCUT2D eigenvalue weighted by Crippen LogP contribution is -2.19. The zero-order valence-corrected chi connectivity index (χ0v) is 22.2. The molecule has 2 unspecified atom stereocenters. The van der Waals surface area contributed by atoms with Crippen LogP contribution in [0.3, 0.4) is 0 Å². The molecular formula is C38H24N2O. The Balaban J connectivity index is 1.15. The molecule has 0 spiro atoms. The molecule has 2 aromatic heterocycles. The van der Waals surface area contributed by atoms with Gasteiger partial charge in [-0.3, -0.25) is 9.97 Å². The van der Waals surface area contributed by atoms with Crippen LogP contribution in [0, 0.1) is 0 Å². The first-order valence-corrected chi connectivity index (χ1v) is 14.1. The molecule has 0 saturated heterocycles. The molecule has 0 radical (unpaired) electrons. The van der Waals surface area contributed by atoms with Crippen LogP contribution in [0.15, 0.2) is 138 Å². The number of fused-ring (bicyclic) bond motifs is 11. The van der Waals surface area contributed by atoms with Gasteiger partial charge in [0, 0.05) is 46.1 Å². The summed E-state index contributed by atoms with van der Waals surface area (Å²) >= 11 is 0. The monoisotopic (exact) mass is 524 g/mol. The Morgan fingerprint density at radius 2 is 1.39 bits per heavy atom. The second kappa shape index (κ2) is 8.61. The zero-order chi connectivity index (χ0) is 26.9. The highest BCUT2D eigenvalue weighted by atomic mass is 16.3. The van der Waals surface area contributed by atoms with Gasteiger partial charge in [-0.2, -0.15) is 0 Å². The molecule has 9 rings (SSSR count). The van der Waals surface area contributed by atoms with Crippen molar-refractivity contribution in [2.24, 2.45) is 0 Å². The number of benzene rings is 5. The zero-order valence-electron chi connectivity index (χ0n) is 22.2. The van der Waals surface area contributed by atoms with Gasteiger partial charge in [0.1, 0.15) is 11.2 Å². The normalized spacial score (nSPS) is 17.3. The predicted molar refractivity (Wildman–Crippen MR) is 167 cm³/mol. The Bertz CT molecular complexity index is 2220. The smallest absolute Gasteiger partial charge is 0.143 e. The molecule has 2 heterocycles. The predicted octanol–water partition coefficient (Wildman–Crippen LogP) is 9.70. The van der Waals surface area contributed by atoms with Crippen LogP contribution < -0.4 is 0 Å². The van der Waals surface area contributed by atoms with Crippen LogP contribution in [0.2, 0.25) is 0 Å². The SMILES string of the molecule is C1=CC2c3nccnc3-c3ccccc3C2C=C1c1ccc(-c2cc3ccccc3c3c2oc2ccccc23)cc1. The van der Waals surface area contributed by atoms with E-state index in [1.165, 1.54) is 38.4 Å². The fourth-order valence-corrected chi connectivity index (χ4v) is 6.85. The molecule has 3 nitrogen and oxygen atoms in total. The third-order valence-electron chi connectivity index (χ3n) is 8.75. The van der Waals surface area contributed by atoms with E-state index in [4.69, 9.17) is 14.4 Å². The Morgan fingerprint density at radius 1 is 0.634 bits per heavy atom. The molecule has 41 heavy (non-hydrogen) atoms. The Kier molecular flexibility index (Phi) is 4.73. The van der Waals surface area contributed by atoms with Gasteiger partial charge in [-0.05, 0) is 45.2 Å². The molecule has 0 N–H and O–H groups in total. The van der Waals surface area contributed by atoms with Crippen LogP contribution in [-0.2, 0) is 0 Å². The van der Waals surface area contributed by atoms with Crippen molar-refractivity contribution in [3.05, 3.63) is 151 Å². The Hall–Kier alpha value is -5.28. The van der Waals surface area contributed by atoms with Crippen molar-refractivity contribution >= 4 is 38.3 Å². The number of hydrogen-bond donors (Lipinski definition) is 0. The lowest BCUT2D eigenvalue weighted by Gasteiger charge is -2.33. The summed E-state index contributed by atoms with van der Waals surface area (Å²) in [5.41, 5.74) is 11.1. The molecule has 2 aliphatic carbocycles. The summed E-state index contributed by atoms with van der Waals surface area (Å²) in [6.07, 6.45) is 10.6. The number of allylic oxidation sites excluding steroid dienone is 4. The molecular weight excluding hydrogens is 500 g/mol. The van der Waals surface area contributed by atoms with Gasteiger partial charge in [-0.25, -0.2) is 0 Å². The number of para-hydroxylation sites is 1. The maximum absolute atomic E-state index is 6.48. The van der Waals surface area contributed by atoms with Crippen LogP contribution in [0.4, 0.5) is 0 Å². The molecule has 0 aliphatic heterocycles. The van der Waals surface area contributed by atoms with Crippen molar-refractivity contribution in [3.63, 3.8) is 0 Å². The maximum atomic E-state index is 6.48. The summed E-state index contributed by atoms with van der Waals surface area (Å²) in [5, 5.41) is 4.78. The van der Waals surface area contributed by atoms with Crippen LogP contribution in [0.5, 0.6) is 0 Å². The quantitative estimate of drug-likeness (QED) is 0.226. The van der Waals surface area contributed by atoms with Crippen molar-refractivity contribution in [3.8, 4) is 22.4 Å². The maximum Gasteiger partial charge on any atom is 0.143 e. The van der Waals surface area contributed by atoms with E-state index in [-0.39, 0.29) is 11.8 Å². The number of furan rings is 1. The summed E-state index contributed by atoms with van der Waals surface area (Å²) in [7, 11) is 0. The third-order valence-corrected chi connectivity index (χ3v) is 8.75. The van der Waals surface area contributed by atoms with Crippen LogP contribution in [0.1, 0.15) is 28.7 Å². The number of nitrogens with zero attached hydrogens (tertiary/aromatic N) is 2. The average Bonchev–Trinajstić information content (AvgIpc) is 3.44. The van der Waals surface area contributed by atoms with Gasteiger partial charge in [0.2, 0.25) is 0 Å². The van der Waals surface area contributed by atoms with Gasteiger partial charge in [0.05, 0.1) is 11.4 Å². The number of rotatable bonds is 2. The van der Waals surface area contributed by atoms with Gasteiger partial charge >= 0.3 is 0 Å². The van der Waals surface area contributed by atoms with E-state index < -0.39 is 0 Å². The number of aromatic nitrogens is 2. The molecule has 0 fully saturated rings. The first-order valence-electron chi connectivity index (χ1n) is 14.1. The van der Waals surface area contributed by atoms with Gasteiger partial charge in [0.15, 0.2) is 0 Å². The van der Waals surface area contributed by atoms with Gasteiger partial charge in [0.25, 0.3) is 0 Å². The van der Waals surface area contributed by atoms with E-state index in [1.54, 1.807) is 12.4 Å². The minimum absolute atomic E-state index is 0.190. The lowest BCUT2D eigenvalue weighted by atomic mass is 9.72. The van der Waals surface area contributed by atoms with Gasteiger partial charge in [-0.1, -0.05) is 109 Å². The first-order chi connectivity index (χ1) is 20.3. The molecule has 5 aromatic carbocycles. The van der Waals surface area contributed by atoms with E-state index in [0.717, 1.165) is 39.1 Å². The van der Waals surface area contributed by atoms with E-state index in [0.29, 0.717) is 0 Å². The van der Waals surface area contributed by atoms with Crippen LogP contribution in [-0.4, -0.2) is 9.97 Å². The van der Waals surface area contributed by atoms with Crippen molar-refractivity contribution < 1.29 is 4.42 Å². The van der Waals surface area contributed by atoms with Gasteiger partial charge in [-0.15, -0.1) is 0 Å².